The van der Waals surface area contributed by atoms with Crippen LogP contribution in [0.4, 0.5) is 4.79 Å². The molecule has 0 saturated carbocycles. The second-order valence-electron chi connectivity index (χ2n) is 4.29. The fraction of sp³-hybridized carbons (Fsp3) is 0.308. The van der Waals surface area contributed by atoms with Crippen LogP contribution in [0.5, 0.6) is 5.75 Å². The standard InChI is InChI=1S/C13H13Cl2N3O4/c1-18(13(19)20-2)6-12-16-11(17-22-12)7-21-10-4-3-8(14)5-9(10)15/h3-5H,6-7H2,1-2H3. The molecule has 2 rings (SSSR count). The number of amides is 1. The molecule has 1 amide bonds. The van der Waals surface area contributed by atoms with E-state index in [1.165, 1.54) is 12.0 Å². The van der Waals surface area contributed by atoms with Gasteiger partial charge in [0.1, 0.15) is 12.3 Å². The van der Waals surface area contributed by atoms with Gasteiger partial charge in [0.05, 0.1) is 12.1 Å². The van der Waals surface area contributed by atoms with Crippen molar-refractivity contribution in [1.29, 1.82) is 0 Å². The molecule has 0 spiro atoms. The molecule has 0 aliphatic carbocycles. The van der Waals surface area contributed by atoms with E-state index in [0.29, 0.717) is 21.6 Å². The summed E-state index contributed by atoms with van der Waals surface area (Å²) in [6, 6.07) is 4.89. The van der Waals surface area contributed by atoms with Crippen molar-refractivity contribution >= 4 is 29.3 Å². The van der Waals surface area contributed by atoms with Crippen LogP contribution in [-0.4, -0.2) is 35.3 Å². The zero-order valence-electron chi connectivity index (χ0n) is 11.9. The smallest absolute Gasteiger partial charge is 0.409 e. The minimum Gasteiger partial charge on any atom is -0.484 e. The number of halogens is 2. The average molecular weight is 346 g/mol. The quantitative estimate of drug-likeness (QED) is 0.828. The van der Waals surface area contributed by atoms with Crippen LogP contribution in [0.15, 0.2) is 22.7 Å². The average Bonchev–Trinajstić information content (AvgIpc) is 2.93. The lowest BCUT2D eigenvalue weighted by Crippen LogP contribution is -2.25. The number of ether oxygens (including phenoxy) is 2. The first-order valence-electron chi connectivity index (χ1n) is 6.18. The number of aromatic nitrogens is 2. The largest absolute Gasteiger partial charge is 0.484 e. The number of hydrogen-bond acceptors (Lipinski definition) is 6. The maximum Gasteiger partial charge on any atom is 0.409 e. The molecule has 0 unspecified atom stereocenters. The van der Waals surface area contributed by atoms with Gasteiger partial charge in [0.25, 0.3) is 0 Å². The Morgan fingerprint density at radius 3 is 2.86 bits per heavy atom. The van der Waals surface area contributed by atoms with E-state index in [-0.39, 0.29) is 19.0 Å². The molecule has 0 atom stereocenters. The van der Waals surface area contributed by atoms with E-state index in [0.717, 1.165) is 0 Å². The lowest BCUT2D eigenvalue weighted by atomic mass is 10.3. The van der Waals surface area contributed by atoms with Gasteiger partial charge in [0.2, 0.25) is 11.7 Å². The molecule has 0 radical (unpaired) electrons. The first-order chi connectivity index (χ1) is 10.5. The van der Waals surface area contributed by atoms with E-state index in [9.17, 15) is 4.79 Å². The highest BCUT2D eigenvalue weighted by atomic mass is 35.5. The molecule has 1 heterocycles. The number of methoxy groups -OCH3 is 1. The van der Waals surface area contributed by atoms with Gasteiger partial charge in [-0.2, -0.15) is 4.98 Å². The first kappa shape index (κ1) is 16.4. The third kappa shape index (κ3) is 4.25. The molecule has 1 aromatic carbocycles. The molecule has 1 aromatic heterocycles. The Morgan fingerprint density at radius 1 is 1.41 bits per heavy atom. The third-order valence-electron chi connectivity index (χ3n) is 2.62. The molecular formula is C13H13Cl2N3O4. The first-order valence-corrected chi connectivity index (χ1v) is 6.93. The van der Waals surface area contributed by atoms with Gasteiger partial charge in [-0.25, -0.2) is 4.79 Å². The molecular weight excluding hydrogens is 333 g/mol. The number of benzene rings is 1. The number of rotatable bonds is 5. The highest BCUT2D eigenvalue weighted by Crippen LogP contribution is 2.27. The van der Waals surface area contributed by atoms with Gasteiger partial charge in [-0.05, 0) is 18.2 Å². The second-order valence-corrected chi connectivity index (χ2v) is 5.14. The summed E-state index contributed by atoms with van der Waals surface area (Å²) in [4.78, 5) is 16.7. The second kappa shape index (κ2) is 7.33. The van der Waals surface area contributed by atoms with Crippen molar-refractivity contribution in [2.75, 3.05) is 14.2 Å². The minimum atomic E-state index is -0.496. The predicted molar refractivity (Wildman–Crippen MR) is 79.0 cm³/mol. The summed E-state index contributed by atoms with van der Waals surface area (Å²) in [5, 5.41) is 4.67. The Morgan fingerprint density at radius 2 is 2.18 bits per heavy atom. The number of carbonyl (C=O) groups is 1. The molecule has 9 heteroatoms. The van der Waals surface area contributed by atoms with Crippen molar-refractivity contribution < 1.29 is 18.8 Å². The molecule has 0 N–H and O–H groups in total. The molecule has 7 nitrogen and oxygen atoms in total. The SMILES string of the molecule is COC(=O)N(C)Cc1nc(COc2ccc(Cl)cc2Cl)no1. The molecule has 118 valence electrons. The maximum absolute atomic E-state index is 11.3. The maximum atomic E-state index is 11.3. The van der Waals surface area contributed by atoms with E-state index in [2.05, 4.69) is 14.9 Å². The van der Waals surface area contributed by atoms with Crippen LogP contribution in [0.25, 0.3) is 0 Å². The van der Waals surface area contributed by atoms with Crippen molar-refractivity contribution in [2.45, 2.75) is 13.2 Å². The van der Waals surface area contributed by atoms with E-state index < -0.39 is 6.09 Å². The fourth-order valence-electron chi connectivity index (χ4n) is 1.57. The highest BCUT2D eigenvalue weighted by molar-refractivity contribution is 6.35. The topological polar surface area (TPSA) is 77.7 Å². The number of carbonyl (C=O) groups excluding carboxylic acids is 1. The fourth-order valence-corrected chi connectivity index (χ4v) is 2.03. The van der Waals surface area contributed by atoms with Crippen LogP contribution in [-0.2, 0) is 17.9 Å². The number of nitrogens with zero attached hydrogens (tertiary/aromatic N) is 3. The Labute approximate surface area is 136 Å². The van der Waals surface area contributed by atoms with Gasteiger partial charge < -0.3 is 18.9 Å². The Bertz CT molecular complexity index is 662. The van der Waals surface area contributed by atoms with Crippen LogP contribution < -0.4 is 4.74 Å². The van der Waals surface area contributed by atoms with E-state index in [1.807, 2.05) is 0 Å². The molecule has 0 bridgehead atoms. The third-order valence-corrected chi connectivity index (χ3v) is 3.15. The lowest BCUT2D eigenvalue weighted by Gasteiger charge is -2.11. The Hall–Kier alpha value is -1.99. The molecule has 0 aliphatic heterocycles. The predicted octanol–water partition coefficient (Wildman–Crippen LogP) is 3.15. The van der Waals surface area contributed by atoms with Gasteiger partial charge in [-0.3, -0.25) is 0 Å². The van der Waals surface area contributed by atoms with Gasteiger partial charge in [0, 0.05) is 12.1 Å². The molecule has 0 saturated heterocycles. The zero-order valence-corrected chi connectivity index (χ0v) is 13.4. The van der Waals surface area contributed by atoms with Gasteiger partial charge in [-0.15, -0.1) is 0 Å². The summed E-state index contributed by atoms with van der Waals surface area (Å²) >= 11 is 11.8. The Balaban J connectivity index is 1.93. The van der Waals surface area contributed by atoms with E-state index in [4.69, 9.17) is 32.5 Å². The van der Waals surface area contributed by atoms with Crippen LogP contribution in [0.1, 0.15) is 11.7 Å². The monoisotopic (exact) mass is 345 g/mol. The normalized spacial score (nSPS) is 10.4. The van der Waals surface area contributed by atoms with Crippen LogP contribution in [0.3, 0.4) is 0 Å². The summed E-state index contributed by atoms with van der Waals surface area (Å²) in [6.45, 7) is 0.216. The van der Waals surface area contributed by atoms with Gasteiger partial charge in [0.15, 0.2) is 6.61 Å². The highest BCUT2D eigenvalue weighted by Gasteiger charge is 2.14. The lowest BCUT2D eigenvalue weighted by molar-refractivity contribution is 0.126. The van der Waals surface area contributed by atoms with Crippen molar-refractivity contribution in [1.82, 2.24) is 15.0 Å². The van der Waals surface area contributed by atoms with Gasteiger partial charge in [-0.1, -0.05) is 28.4 Å². The summed E-state index contributed by atoms with van der Waals surface area (Å²) < 4.78 is 15.1. The van der Waals surface area contributed by atoms with E-state index >= 15 is 0 Å². The summed E-state index contributed by atoms with van der Waals surface area (Å²) in [6.07, 6.45) is -0.496. The van der Waals surface area contributed by atoms with Crippen LogP contribution >= 0.6 is 23.2 Å². The summed E-state index contributed by atoms with van der Waals surface area (Å²) in [5.41, 5.74) is 0. The minimum absolute atomic E-state index is 0.0762. The molecule has 0 fully saturated rings. The number of hydrogen-bond donors (Lipinski definition) is 0. The van der Waals surface area contributed by atoms with E-state index in [1.54, 1.807) is 25.2 Å². The van der Waals surface area contributed by atoms with Crippen molar-refractivity contribution in [2.24, 2.45) is 0 Å². The van der Waals surface area contributed by atoms with Crippen molar-refractivity contribution in [3.8, 4) is 5.75 Å². The van der Waals surface area contributed by atoms with Crippen LogP contribution in [0, 0.1) is 0 Å². The van der Waals surface area contributed by atoms with Gasteiger partial charge >= 0.3 is 6.09 Å². The molecule has 0 aliphatic rings. The summed E-state index contributed by atoms with van der Waals surface area (Å²) in [5.74, 6) is 1.07. The van der Waals surface area contributed by atoms with Crippen molar-refractivity contribution in [3.05, 3.63) is 40.0 Å². The Kier molecular flexibility index (Phi) is 5.46. The van der Waals surface area contributed by atoms with Crippen LogP contribution in [0.2, 0.25) is 10.0 Å². The molecule has 22 heavy (non-hydrogen) atoms. The summed E-state index contributed by atoms with van der Waals surface area (Å²) in [7, 11) is 2.85. The zero-order chi connectivity index (χ0) is 16.1. The van der Waals surface area contributed by atoms with Crippen molar-refractivity contribution in [3.63, 3.8) is 0 Å². The molecule has 2 aromatic rings.